The lowest BCUT2D eigenvalue weighted by Crippen LogP contribution is -2.36. The lowest BCUT2D eigenvalue weighted by Gasteiger charge is -2.32. The van der Waals surface area contributed by atoms with E-state index in [0.29, 0.717) is 5.92 Å². The highest BCUT2D eigenvalue weighted by Gasteiger charge is 2.22. The third-order valence-electron chi connectivity index (χ3n) is 5.94. The zero-order chi connectivity index (χ0) is 20.1. The molecule has 1 saturated heterocycles. The van der Waals surface area contributed by atoms with Gasteiger partial charge in [0.15, 0.2) is 0 Å². The molecule has 1 aliphatic rings. The minimum atomic E-state index is 0.658. The molecule has 0 radical (unpaired) electrons. The zero-order valence-corrected chi connectivity index (χ0v) is 17.6. The van der Waals surface area contributed by atoms with Crippen LogP contribution in [0, 0.1) is 12.8 Å². The first kappa shape index (κ1) is 19.7. The molecule has 4 heteroatoms. The van der Waals surface area contributed by atoms with Crippen molar-refractivity contribution in [3.8, 4) is 5.75 Å². The Bertz CT molecular complexity index is 919. The normalized spacial score (nSPS) is 17.4. The third-order valence-corrected chi connectivity index (χ3v) is 5.94. The predicted octanol–water partition coefficient (Wildman–Crippen LogP) is 4.70. The van der Waals surface area contributed by atoms with Crippen LogP contribution in [-0.2, 0) is 19.5 Å². The number of imidazole rings is 1. The number of aryl methyl sites for hydroxylation is 1. The molecule has 152 valence electrons. The first-order valence-corrected chi connectivity index (χ1v) is 10.6. The smallest absolute Gasteiger partial charge is 0.119 e. The number of piperidine rings is 1. The molecule has 0 aliphatic carbocycles. The van der Waals surface area contributed by atoms with Gasteiger partial charge in [0.05, 0.1) is 7.11 Å². The fourth-order valence-electron chi connectivity index (χ4n) is 4.40. The monoisotopic (exact) mass is 389 g/mol. The molecule has 1 aliphatic heterocycles. The fraction of sp³-hybridized carbons (Fsp3) is 0.400. The largest absolute Gasteiger partial charge is 0.497 e. The van der Waals surface area contributed by atoms with Crippen LogP contribution >= 0.6 is 0 Å². The highest BCUT2D eigenvalue weighted by molar-refractivity contribution is 5.28. The molecule has 2 heterocycles. The van der Waals surface area contributed by atoms with Gasteiger partial charge in [-0.05, 0) is 55.5 Å². The summed E-state index contributed by atoms with van der Waals surface area (Å²) in [6.45, 7) is 6.36. The van der Waals surface area contributed by atoms with Gasteiger partial charge in [-0.25, -0.2) is 4.98 Å². The van der Waals surface area contributed by atoms with Crippen molar-refractivity contribution in [2.45, 2.75) is 39.3 Å². The second-order valence-corrected chi connectivity index (χ2v) is 8.19. The first-order valence-electron chi connectivity index (χ1n) is 10.6. The van der Waals surface area contributed by atoms with Gasteiger partial charge < -0.3 is 9.30 Å². The van der Waals surface area contributed by atoms with Gasteiger partial charge in [-0.1, -0.05) is 42.5 Å². The number of hydrogen-bond donors (Lipinski definition) is 0. The van der Waals surface area contributed by atoms with Crippen molar-refractivity contribution < 1.29 is 4.74 Å². The Labute approximate surface area is 174 Å². The van der Waals surface area contributed by atoms with Gasteiger partial charge in [0.1, 0.15) is 11.6 Å². The van der Waals surface area contributed by atoms with Crippen molar-refractivity contribution in [3.05, 3.63) is 83.4 Å². The molecule has 2 aromatic carbocycles. The van der Waals surface area contributed by atoms with Gasteiger partial charge in [0.25, 0.3) is 0 Å². The topological polar surface area (TPSA) is 30.3 Å². The second kappa shape index (κ2) is 9.27. The Kier molecular flexibility index (Phi) is 6.30. The summed E-state index contributed by atoms with van der Waals surface area (Å²) in [5.41, 5.74) is 3.90. The third kappa shape index (κ3) is 5.07. The van der Waals surface area contributed by atoms with Crippen LogP contribution in [0.2, 0.25) is 0 Å². The van der Waals surface area contributed by atoms with E-state index < -0.39 is 0 Å². The highest BCUT2D eigenvalue weighted by atomic mass is 16.5. The summed E-state index contributed by atoms with van der Waals surface area (Å²) in [4.78, 5) is 7.35. The Morgan fingerprint density at radius 2 is 1.86 bits per heavy atom. The summed E-state index contributed by atoms with van der Waals surface area (Å²) in [6, 6.07) is 19.1. The molecule has 0 N–H and O–H groups in total. The summed E-state index contributed by atoms with van der Waals surface area (Å²) < 4.78 is 7.76. The molecule has 1 unspecified atom stereocenters. The number of rotatable bonds is 7. The molecule has 0 spiro atoms. The van der Waals surface area contributed by atoms with Crippen molar-refractivity contribution >= 4 is 0 Å². The number of benzene rings is 2. The quantitative estimate of drug-likeness (QED) is 0.587. The Morgan fingerprint density at radius 1 is 1.03 bits per heavy atom. The molecule has 3 aromatic rings. The molecule has 0 amide bonds. The van der Waals surface area contributed by atoms with Crippen LogP contribution in [0.15, 0.2) is 60.8 Å². The molecule has 0 bridgehead atoms. The van der Waals surface area contributed by atoms with Gasteiger partial charge >= 0.3 is 0 Å². The van der Waals surface area contributed by atoms with Gasteiger partial charge in [0.2, 0.25) is 0 Å². The van der Waals surface area contributed by atoms with E-state index in [-0.39, 0.29) is 0 Å². The van der Waals surface area contributed by atoms with Crippen molar-refractivity contribution in [2.24, 2.45) is 5.92 Å². The molecule has 1 aromatic heterocycles. The highest BCUT2D eigenvalue weighted by Crippen LogP contribution is 2.24. The fourth-order valence-corrected chi connectivity index (χ4v) is 4.40. The number of methoxy groups -OCH3 is 1. The minimum Gasteiger partial charge on any atom is -0.497 e. The van der Waals surface area contributed by atoms with Crippen molar-refractivity contribution in [1.82, 2.24) is 14.5 Å². The van der Waals surface area contributed by atoms with E-state index in [1.165, 1.54) is 42.0 Å². The van der Waals surface area contributed by atoms with Crippen LogP contribution in [0.1, 0.15) is 35.5 Å². The van der Waals surface area contributed by atoms with Crippen molar-refractivity contribution in [2.75, 3.05) is 20.2 Å². The van der Waals surface area contributed by atoms with Crippen LogP contribution in [0.3, 0.4) is 0 Å². The zero-order valence-electron chi connectivity index (χ0n) is 17.6. The maximum atomic E-state index is 5.38. The van der Waals surface area contributed by atoms with Crippen molar-refractivity contribution in [1.29, 1.82) is 0 Å². The van der Waals surface area contributed by atoms with E-state index in [2.05, 4.69) is 64.9 Å². The summed E-state index contributed by atoms with van der Waals surface area (Å²) in [5.74, 6) is 2.82. The maximum absolute atomic E-state index is 5.38. The van der Waals surface area contributed by atoms with E-state index in [1.54, 1.807) is 7.11 Å². The maximum Gasteiger partial charge on any atom is 0.119 e. The van der Waals surface area contributed by atoms with Crippen LogP contribution in [0.25, 0.3) is 0 Å². The standard InChI is InChI=1S/C25H31N3O/c1-20-16-26-25(28(20)19-21-8-4-3-5-9-21)15-23-11-7-13-27(18-23)17-22-10-6-12-24(14-22)29-2/h3-6,8-10,12,14,16,23H,7,11,13,15,17-19H2,1-2H3. The number of ether oxygens (including phenoxy) is 1. The number of hydrogen-bond acceptors (Lipinski definition) is 3. The first-order chi connectivity index (χ1) is 14.2. The minimum absolute atomic E-state index is 0.658. The van der Waals surface area contributed by atoms with E-state index in [9.17, 15) is 0 Å². The molecule has 4 nitrogen and oxygen atoms in total. The predicted molar refractivity (Wildman–Crippen MR) is 117 cm³/mol. The van der Waals surface area contributed by atoms with Crippen LogP contribution in [-0.4, -0.2) is 34.7 Å². The average Bonchev–Trinajstić information content (AvgIpc) is 3.08. The molecule has 1 atom stereocenters. The molecule has 1 fully saturated rings. The SMILES string of the molecule is COc1cccc(CN2CCCC(Cc3ncc(C)n3Cc3ccccc3)C2)c1. The number of nitrogens with zero attached hydrogens (tertiary/aromatic N) is 3. The Morgan fingerprint density at radius 3 is 2.69 bits per heavy atom. The summed E-state index contributed by atoms with van der Waals surface area (Å²) >= 11 is 0. The van der Waals surface area contributed by atoms with E-state index in [1.807, 2.05) is 12.3 Å². The summed E-state index contributed by atoms with van der Waals surface area (Å²) in [7, 11) is 1.73. The van der Waals surface area contributed by atoms with Gasteiger partial charge in [-0.3, -0.25) is 4.90 Å². The second-order valence-electron chi connectivity index (χ2n) is 8.19. The van der Waals surface area contributed by atoms with Gasteiger partial charge in [0, 0.05) is 37.9 Å². The molecule has 0 saturated carbocycles. The van der Waals surface area contributed by atoms with Crippen LogP contribution < -0.4 is 4.74 Å². The van der Waals surface area contributed by atoms with Crippen LogP contribution in [0.4, 0.5) is 0 Å². The number of likely N-dealkylation sites (tertiary alicyclic amines) is 1. The van der Waals surface area contributed by atoms with E-state index >= 15 is 0 Å². The molecular weight excluding hydrogens is 358 g/mol. The average molecular weight is 390 g/mol. The molecular formula is C25H31N3O. The van der Waals surface area contributed by atoms with Crippen molar-refractivity contribution in [3.63, 3.8) is 0 Å². The van der Waals surface area contributed by atoms with Gasteiger partial charge in [-0.2, -0.15) is 0 Å². The molecule has 4 rings (SSSR count). The van der Waals surface area contributed by atoms with E-state index in [0.717, 1.165) is 31.8 Å². The van der Waals surface area contributed by atoms with E-state index in [4.69, 9.17) is 9.72 Å². The number of aromatic nitrogens is 2. The lowest BCUT2D eigenvalue weighted by molar-refractivity contribution is 0.165. The Balaban J connectivity index is 1.41. The summed E-state index contributed by atoms with van der Waals surface area (Å²) in [5, 5.41) is 0. The lowest BCUT2D eigenvalue weighted by atomic mass is 9.94. The van der Waals surface area contributed by atoms with Gasteiger partial charge in [-0.15, -0.1) is 0 Å². The van der Waals surface area contributed by atoms with Crippen LogP contribution in [0.5, 0.6) is 5.75 Å². The summed E-state index contributed by atoms with van der Waals surface area (Å²) in [6.07, 6.45) is 5.61. The Hall–Kier alpha value is -2.59. The molecule has 29 heavy (non-hydrogen) atoms.